The summed E-state index contributed by atoms with van der Waals surface area (Å²) in [6, 6.07) is 9.40. The van der Waals surface area contributed by atoms with Gasteiger partial charge in [0.2, 0.25) is 9.84 Å². The van der Waals surface area contributed by atoms with Crippen molar-refractivity contribution in [2.24, 2.45) is 0 Å². The summed E-state index contributed by atoms with van der Waals surface area (Å²) in [5.74, 6) is -2.01. The Hall–Kier alpha value is -2.52. The number of rotatable bonds is 3. The van der Waals surface area contributed by atoms with Gasteiger partial charge in [-0.15, -0.1) is 0 Å². The SMILES string of the molecule is C=C(C#N)c1ccc(S(=O)(=O)c2ccc(F)cc2F)cc1. The van der Waals surface area contributed by atoms with Gasteiger partial charge in [-0.3, -0.25) is 0 Å². The summed E-state index contributed by atoms with van der Waals surface area (Å²) in [4.78, 5) is -0.752. The molecular weight excluding hydrogens is 296 g/mol. The van der Waals surface area contributed by atoms with Crippen LogP contribution in [0.25, 0.3) is 5.57 Å². The molecule has 0 aromatic heterocycles. The van der Waals surface area contributed by atoms with Gasteiger partial charge in [-0.2, -0.15) is 5.26 Å². The number of halogens is 2. The Morgan fingerprint density at radius 3 is 2.24 bits per heavy atom. The van der Waals surface area contributed by atoms with Gasteiger partial charge in [-0.1, -0.05) is 18.7 Å². The molecular formula is C15H9F2NO2S. The first-order valence-corrected chi connectivity index (χ1v) is 7.24. The van der Waals surface area contributed by atoms with Crippen LogP contribution in [0, 0.1) is 23.0 Å². The lowest BCUT2D eigenvalue weighted by molar-refractivity contribution is 0.549. The molecule has 3 nitrogen and oxygen atoms in total. The summed E-state index contributed by atoms with van der Waals surface area (Å²) < 4.78 is 51.0. The highest BCUT2D eigenvalue weighted by molar-refractivity contribution is 7.91. The molecule has 0 radical (unpaired) electrons. The number of nitriles is 1. The second kappa shape index (κ2) is 5.46. The van der Waals surface area contributed by atoms with E-state index in [1.54, 1.807) is 0 Å². The van der Waals surface area contributed by atoms with Crippen molar-refractivity contribution in [3.05, 3.63) is 66.2 Å². The number of sulfone groups is 1. The minimum Gasteiger partial charge on any atom is -0.218 e. The van der Waals surface area contributed by atoms with Crippen molar-refractivity contribution in [2.75, 3.05) is 0 Å². The second-order valence-corrected chi connectivity index (χ2v) is 6.11. The predicted molar refractivity (Wildman–Crippen MR) is 72.9 cm³/mol. The maximum absolute atomic E-state index is 13.6. The fourth-order valence-electron chi connectivity index (χ4n) is 1.72. The Morgan fingerprint density at radius 1 is 1.10 bits per heavy atom. The largest absolute Gasteiger partial charge is 0.218 e. The smallest absolute Gasteiger partial charge is 0.209 e. The van der Waals surface area contributed by atoms with Crippen molar-refractivity contribution in [2.45, 2.75) is 9.79 Å². The molecule has 0 fully saturated rings. The second-order valence-electron chi connectivity index (χ2n) is 4.19. The standard InChI is InChI=1S/C15H9F2NO2S/c1-10(9-18)11-2-5-13(6-3-11)21(19,20)15-7-4-12(16)8-14(15)17/h2-8H,1H2. The van der Waals surface area contributed by atoms with Gasteiger partial charge in [0.1, 0.15) is 16.5 Å². The van der Waals surface area contributed by atoms with Crippen molar-refractivity contribution < 1.29 is 17.2 Å². The first-order valence-electron chi connectivity index (χ1n) is 5.76. The van der Waals surface area contributed by atoms with Crippen LogP contribution in [0.15, 0.2) is 58.8 Å². The Labute approximate surface area is 120 Å². The normalized spacial score (nSPS) is 10.9. The molecule has 2 aromatic carbocycles. The van der Waals surface area contributed by atoms with E-state index in [9.17, 15) is 17.2 Å². The average Bonchev–Trinajstić information content (AvgIpc) is 2.46. The van der Waals surface area contributed by atoms with Crippen LogP contribution < -0.4 is 0 Å². The monoisotopic (exact) mass is 305 g/mol. The molecule has 0 bridgehead atoms. The van der Waals surface area contributed by atoms with Gasteiger partial charge >= 0.3 is 0 Å². The maximum atomic E-state index is 13.6. The summed E-state index contributed by atoms with van der Waals surface area (Å²) in [5.41, 5.74) is 0.655. The van der Waals surface area contributed by atoms with E-state index in [1.165, 1.54) is 24.3 Å². The van der Waals surface area contributed by atoms with Crippen molar-refractivity contribution >= 4 is 15.4 Å². The highest BCUT2D eigenvalue weighted by Gasteiger charge is 2.22. The van der Waals surface area contributed by atoms with Crippen LogP contribution in [0.2, 0.25) is 0 Å². The Balaban J connectivity index is 2.50. The molecule has 0 N–H and O–H groups in total. The number of allylic oxidation sites excluding steroid dienone is 1. The lowest BCUT2D eigenvalue weighted by atomic mass is 10.1. The lowest BCUT2D eigenvalue weighted by Gasteiger charge is -2.06. The molecule has 0 unspecified atom stereocenters. The molecule has 106 valence electrons. The van der Waals surface area contributed by atoms with E-state index in [0.717, 1.165) is 12.1 Å². The number of benzene rings is 2. The fourth-order valence-corrected chi connectivity index (χ4v) is 3.03. The third-order valence-electron chi connectivity index (χ3n) is 2.83. The van der Waals surface area contributed by atoms with Crippen LogP contribution >= 0.6 is 0 Å². The molecule has 21 heavy (non-hydrogen) atoms. The zero-order valence-electron chi connectivity index (χ0n) is 10.7. The van der Waals surface area contributed by atoms with Gasteiger partial charge in [-0.25, -0.2) is 17.2 Å². The van der Waals surface area contributed by atoms with Crippen molar-refractivity contribution in [3.63, 3.8) is 0 Å². The highest BCUT2D eigenvalue weighted by Crippen LogP contribution is 2.25. The van der Waals surface area contributed by atoms with Crippen LogP contribution in [0.1, 0.15) is 5.56 Å². The van der Waals surface area contributed by atoms with Crippen molar-refractivity contribution in [3.8, 4) is 6.07 Å². The minimum atomic E-state index is -4.09. The van der Waals surface area contributed by atoms with Crippen molar-refractivity contribution in [1.29, 1.82) is 5.26 Å². The molecule has 0 amide bonds. The van der Waals surface area contributed by atoms with Gasteiger partial charge < -0.3 is 0 Å². The number of nitrogens with zero attached hydrogens (tertiary/aromatic N) is 1. The zero-order chi connectivity index (χ0) is 15.6. The molecule has 0 saturated carbocycles. The quantitative estimate of drug-likeness (QED) is 0.645. The van der Waals surface area contributed by atoms with Crippen LogP contribution in [-0.4, -0.2) is 8.42 Å². The van der Waals surface area contributed by atoms with E-state index in [2.05, 4.69) is 6.58 Å². The summed E-state index contributed by atoms with van der Waals surface area (Å²) in [6.45, 7) is 3.51. The maximum Gasteiger partial charge on any atom is 0.209 e. The zero-order valence-corrected chi connectivity index (χ0v) is 11.5. The summed E-state index contributed by atoms with van der Waals surface area (Å²) in [7, 11) is -4.09. The number of hydrogen-bond donors (Lipinski definition) is 0. The Kier molecular flexibility index (Phi) is 3.87. The minimum absolute atomic E-state index is 0.150. The van der Waals surface area contributed by atoms with E-state index >= 15 is 0 Å². The van der Waals surface area contributed by atoms with Gasteiger partial charge in [-0.05, 0) is 29.8 Å². The molecule has 0 heterocycles. The third kappa shape index (κ3) is 2.83. The summed E-state index contributed by atoms with van der Waals surface area (Å²) in [6.07, 6.45) is 0. The van der Waals surface area contributed by atoms with E-state index in [4.69, 9.17) is 5.26 Å². The average molecular weight is 305 g/mol. The molecule has 6 heteroatoms. The van der Waals surface area contributed by atoms with E-state index in [-0.39, 0.29) is 10.5 Å². The molecule has 2 rings (SSSR count). The molecule has 0 saturated heterocycles. The van der Waals surface area contributed by atoms with E-state index in [0.29, 0.717) is 11.6 Å². The van der Waals surface area contributed by atoms with Gasteiger partial charge in [0.05, 0.1) is 16.5 Å². The van der Waals surface area contributed by atoms with Gasteiger partial charge in [0.15, 0.2) is 0 Å². The molecule has 0 aliphatic heterocycles. The summed E-state index contributed by atoms with van der Waals surface area (Å²) >= 11 is 0. The molecule has 0 spiro atoms. The molecule has 0 aliphatic rings. The Morgan fingerprint density at radius 2 is 1.71 bits per heavy atom. The Bertz CT molecular complexity index is 850. The topological polar surface area (TPSA) is 57.9 Å². The fraction of sp³-hybridized carbons (Fsp3) is 0. The lowest BCUT2D eigenvalue weighted by Crippen LogP contribution is -2.05. The highest BCUT2D eigenvalue weighted by atomic mass is 32.2. The van der Waals surface area contributed by atoms with Crippen LogP contribution in [-0.2, 0) is 9.84 Å². The molecule has 2 aromatic rings. The molecule has 0 aliphatic carbocycles. The first kappa shape index (κ1) is 14.9. The van der Waals surface area contributed by atoms with Crippen LogP contribution in [0.4, 0.5) is 8.78 Å². The molecule has 0 atom stereocenters. The van der Waals surface area contributed by atoms with E-state index < -0.39 is 26.4 Å². The number of hydrogen-bond acceptors (Lipinski definition) is 3. The van der Waals surface area contributed by atoms with Gasteiger partial charge in [0.25, 0.3) is 0 Å². The van der Waals surface area contributed by atoms with Gasteiger partial charge in [0, 0.05) is 6.07 Å². The van der Waals surface area contributed by atoms with E-state index in [1.807, 2.05) is 6.07 Å². The first-order chi connectivity index (χ1) is 9.86. The third-order valence-corrected chi connectivity index (χ3v) is 4.63. The van der Waals surface area contributed by atoms with Crippen molar-refractivity contribution in [1.82, 2.24) is 0 Å². The van der Waals surface area contributed by atoms with Crippen LogP contribution in [0.3, 0.4) is 0 Å². The van der Waals surface area contributed by atoms with Crippen LogP contribution in [0.5, 0.6) is 0 Å². The summed E-state index contributed by atoms with van der Waals surface area (Å²) in [5, 5.41) is 8.70. The predicted octanol–water partition coefficient (Wildman–Crippen LogP) is 3.33.